The third kappa shape index (κ3) is 14.4. The molecule has 0 fully saturated rings. The maximum Gasteiger partial charge on any atom is 0.241 e. The summed E-state index contributed by atoms with van der Waals surface area (Å²) < 4.78 is -2.06. The maximum absolute atomic E-state index is 5.26. The van der Waals surface area contributed by atoms with Gasteiger partial charge in [0.1, 0.15) is 0 Å². The van der Waals surface area contributed by atoms with Gasteiger partial charge in [0.15, 0.2) is 0 Å². The zero-order chi connectivity index (χ0) is 13.7. The summed E-state index contributed by atoms with van der Waals surface area (Å²) in [4.78, 5) is 0.994. The number of hydrogen-bond donors (Lipinski definition) is 1. The standard InChI is InChI=1S/C6H5BrS.C2Cl6S/c7-5-1-3-6(8)4-2-5;3-1(4,5)9-2(6,7)8/h1-4,8H;. The Morgan fingerprint density at radius 1 is 0.882 bits per heavy atom. The second kappa shape index (κ2) is 8.43. The molecule has 0 atom stereocenters. The smallest absolute Gasteiger partial charge is 0.143 e. The fraction of sp³-hybridized carbons (Fsp3) is 0.250. The van der Waals surface area contributed by atoms with E-state index in [9.17, 15) is 0 Å². The molecule has 17 heavy (non-hydrogen) atoms. The number of rotatable bonds is 0. The van der Waals surface area contributed by atoms with Crippen LogP contribution in [0.3, 0.4) is 0 Å². The highest BCUT2D eigenvalue weighted by molar-refractivity contribution is 9.10. The first-order chi connectivity index (χ1) is 7.49. The van der Waals surface area contributed by atoms with E-state index in [1.54, 1.807) is 0 Å². The van der Waals surface area contributed by atoms with Crippen molar-refractivity contribution in [3.8, 4) is 0 Å². The molecule has 9 heteroatoms. The molecular weight excluding hydrogens is 453 g/mol. The van der Waals surface area contributed by atoms with Crippen LogP contribution in [0.15, 0.2) is 33.6 Å². The average molecular weight is 458 g/mol. The summed E-state index contributed by atoms with van der Waals surface area (Å²) in [5.74, 6) is 0. The van der Waals surface area contributed by atoms with Gasteiger partial charge in [0.25, 0.3) is 0 Å². The Hall–Kier alpha value is 2.14. The first-order valence-electron chi connectivity index (χ1n) is 3.78. The number of hydrogen-bond acceptors (Lipinski definition) is 2. The van der Waals surface area contributed by atoms with Gasteiger partial charge in [-0.25, -0.2) is 0 Å². The van der Waals surface area contributed by atoms with E-state index in [0.717, 1.165) is 9.37 Å². The van der Waals surface area contributed by atoms with E-state index < -0.39 is 6.25 Å². The van der Waals surface area contributed by atoms with Crippen LogP contribution in [-0.4, -0.2) is 6.25 Å². The van der Waals surface area contributed by atoms with E-state index in [0.29, 0.717) is 11.8 Å². The molecule has 98 valence electrons. The molecule has 1 aromatic carbocycles. The van der Waals surface area contributed by atoms with Crippen LogP contribution >= 0.6 is 110 Å². The van der Waals surface area contributed by atoms with Crippen molar-refractivity contribution >= 4 is 110 Å². The van der Waals surface area contributed by atoms with Gasteiger partial charge in [0.05, 0.1) is 0 Å². The molecular formula is C8H5BrCl6S2. The van der Waals surface area contributed by atoms with Gasteiger partial charge >= 0.3 is 0 Å². The Balaban J connectivity index is 0.000000302. The lowest BCUT2D eigenvalue weighted by atomic mass is 10.4. The first kappa shape index (κ1) is 19.1. The van der Waals surface area contributed by atoms with Gasteiger partial charge in [-0.1, -0.05) is 97.3 Å². The minimum atomic E-state index is -1.58. The Labute approximate surface area is 148 Å². The Morgan fingerprint density at radius 3 is 1.41 bits per heavy atom. The summed E-state index contributed by atoms with van der Waals surface area (Å²) >= 11 is 39.6. The lowest BCUT2D eigenvalue weighted by Crippen LogP contribution is -2.04. The summed E-state index contributed by atoms with van der Waals surface area (Å²) in [5.41, 5.74) is 0. The molecule has 0 aromatic heterocycles. The Bertz CT molecular complexity index is 298. The van der Waals surface area contributed by atoms with Crippen LogP contribution < -0.4 is 0 Å². The van der Waals surface area contributed by atoms with E-state index in [-0.39, 0.29) is 0 Å². The van der Waals surface area contributed by atoms with Crippen LogP contribution in [0.5, 0.6) is 0 Å². The van der Waals surface area contributed by atoms with E-state index in [2.05, 4.69) is 28.6 Å². The third-order valence-electron chi connectivity index (χ3n) is 1.06. The molecule has 0 nitrogen and oxygen atoms in total. The van der Waals surface area contributed by atoms with Crippen molar-refractivity contribution in [2.45, 2.75) is 11.1 Å². The SMILES string of the molecule is ClC(Cl)(Cl)SC(Cl)(Cl)Cl.Sc1ccc(Br)cc1. The number of thioether (sulfide) groups is 1. The fourth-order valence-electron chi connectivity index (χ4n) is 0.572. The highest BCUT2D eigenvalue weighted by atomic mass is 79.9. The molecule has 0 heterocycles. The van der Waals surface area contributed by atoms with E-state index in [1.807, 2.05) is 24.3 Å². The van der Waals surface area contributed by atoms with Gasteiger partial charge < -0.3 is 0 Å². The number of halogens is 7. The molecule has 0 spiro atoms. The molecule has 0 N–H and O–H groups in total. The van der Waals surface area contributed by atoms with Gasteiger partial charge in [0.2, 0.25) is 6.25 Å². The van der Waals surface area contributed by atoms with Crippen molar-refractivity contribution in [2.75, 3.05) is 0 Å². The van der Waals surface area contributed by atoms with Crippen LogP contribution in [0.2, 0.25) is 0 Å². The molecule has 0 aliphatic heterocycles. The molecule has 0 radical (unpaired) electrons. The van der Waals surface area contributed by atoms with Crippen molar-refractivity contribution in [2.24, 2.45) is 0 Å². The molecule has 0 aliphatic rings. The Kier molecular flexibility index (Phi) is 9.49. The van der Waals surface area contributed by atoms with Crippen LogP contribution in [0.1, 0.15) is 0 Å². The zero-order valence-electron chi connectivity index (χ0n) is 7.81. The quantitative estimate of drug-likeness (QED) is 0.320. The van der Waals surface area contributed by atoms with E-state index in [1.165, 1.54) is 0 Å². The molecule has 1 aromatic rings. The predicted molar refractivity (Wildman–Crippen MR) is 89.6 cm³/mol. The van der Waals surface area contributed by atoms with Crippen LogP contribution in [0.4, 0.5) is 0 Å². The molecule has 0 aliphatic carbocycles. The van der Waals surface area contributed by atoms with Gasteiger partial charge in [-0.2, -0.15) is 0 Å². The normalized spacial score (nSPS) is 11.8. The lowest BCUT2D eigenvalue weighted by Gasteiger charge is -2.15. The van der Waals surface area contributed by atoms with Crippen molar-refractivity contribution in [1.82, 2.24) is 0 Å². The minimum Gasteiger partial charge on any atom is -0.143 e. The number of thiol groups is 1. The maximum atomic E-state index is 5.26. The zero-order valence-corrected chi connectivity index (χ0v) is 15.6. The number of alkyl halides is 6. The van der Waals surface area contributed by atoms with Gasteiger partial charge in [0, 0.05) is 9.37 Å². The summed E-state index contributed by atoms with van der Waals surface area (Å²) in [6.07, 6.45) is 0. The van der Waals surface area contributed by atoms with Crippen LogP contribution in [0.25, 0.3) is 0 Å². The van der Waals surface area contributed by atoms with Crippen molar-refractivity contribution in [3.63, 3.8) is 0 Å². The van der Waals surface area contributed by atoms with Crippen molar-refractivity contribution in [3.05, 3.63) is 28.7 Å². The fourth-order valence-corrected chi connectivity index (χ4v) is 4.40. The van der Waals surface area contributed by atoms with Crippen molar-refractivity contribution in [1.29, 1.82) is 0 Å². The summed E-state index contributed by atoms with van der Waals surface area (Å²) in [6, 6.07) is 7.80. The topological polar surface area (TPSA) is 0 Å². The molecule has 1 rings (SSSR count). The third-order valence-corrected chi connectivity index (χ3v) is 3.74. The molecule has 0 amide bonds. The predicted octanol–water partition coefficient (Wildman–Crippen LogP) is 7.11. The van der Waals surface area contributed by atoms with E-state index in [4.69, 9.17) is 69.6 Å². The minimum absolute atomic E-state index is 0.606. The number of benzene rings is 1. The van der Waals surface area contributed by atoms with Gasteiger partial charge in [-0.3, -0.25) is 0 Å². The first-order valence-corrected chi connectivity index (χ1v) is 8.10. The van der Waals surface area contributed by atoms with Crippen LogP contribution in [0, 0.1) is 0 Å². The molecule has 0 saturated heterocycles. The van der Waals surface area contributed by atoms with E-state index >= 15 is 0 Å². The highest BCUT2D eigenvalue weighted by Crippen LogP contribution is 2.52. The van der Waals surface area contributed by atoms with Gasteiger partial charge in [-0.05, 0) is 24.3 Å². The summed E-state index contributed by atoms with van der Waals surface area (Å²) in [6.45, 7) is 0. The van der Waals surface area contributed by atoms with Gasteiger partial charge in [-0.15, -0.1) is 12.6 Å². The second-order valence-corrected chi connectivity index (χ2v) is 11.2. The Morgan fingerprint density at radius 2 is 1.24 bits per heavy atom. The van der Waals surface area contributed by atoms with Crippen LogP contribution in [-0.2, 0) is 0 Å². The summed E-state index contributed by atoms with van der Waals surface area (Å²) in [5, 5.41) is 0. The highest BCUT2D eigenvalue weighted by Gasteiger charge is 2.33. The van der Waals surface area contributed by atoms with Crippen molar-refractivity contribution < 1.29 is 0 Å². The summed E-state index contributed by atoms with van der Waals surface area (Å²) in [7, 11) is 0. The lowest BCUT2D eigenvalue weighted by molar-refractivity contribution is 1.46. The molecule has 0 unspecified atom stereocenters. The monoisotopic (exact) mass is 454 g/mol. The average Bonchev–Trinajstić information content (AvgIpc) is 2.04. The largest absolute Gasteiger partial charge is 0.241 e. The molecule has 0 bridgehead atoms. The molecule has 0 saturated carbocycles. The second-order valence-electron chi connectivity index (χ2n) is 2.47.